The van der Waals surface area contributed by atoms with Crippen LogP contribution in [0.1, 0.15) is 23.2 Å². The first-order valence-electron chi connectivity index (χ1n) is 6.40. The van der Waals surface area contributed by atoms with Crippen molar-refractivity contribution in [2.45, 2.75) is 18.9 Å². The van der Waals surface area contributed by atoms with Crippen LogP contribution in [-0.4, -0.2) is 52.2 Å². The van der Waals surface area contributed by atoms with E-state index in [0.717, 1.165) is 0 Å². The highest BCUT2D eigenvalue weighted by atomic mass is 16.5. The lowest BCUT2D eigenvalue weighted by Gasteiger charge is -2.31. The van der Waals surface area contributed by atoms with Gasteiger partial charge in [0.25, 0.3) is 0 Å². The molecule has 1 atom stereocenters. The van der Waals surface area contributed by atoms with Crippen LogP contribution in [0.3, 0.4) is 0 Å². The summed E-state index contributed by atoms with van der Waals surface area (Å²) in [5, 5.41) is 12.9. The van der Waals surface area contributed by atoms with Gasteiger partial charge >= 0.3 is 0 Å². The third-order valence-corrected chi connectivity index (χ3v) is 3.19. The molecular weight excluding hydrogens is 260 g/mol. The summed E-state index contributed by atoms with van der Waals surface area (Å²) in [7, 11) is 1.73. The normalized spacial score (nSPS) is 18.6. The topological polar surface area (TPSA) is 88.2 Å². The average Bonchev–Trinajstić information content (AvgIpc) is 2.91. The number of hydrogen-bond donors (Lipinski definition) is 0. The zero-order valence-corrected chi connectivity index (χ0v) is 11.3. The number of Topliss-reactive ketones (excluding diaryl/α,β-unsaturated/α-hetero) is 1. The molecule has 1 aliphatic heterocycles. The van der Waals surface area contributed by atoms with E-state index in [-0.39, 0.29) is 31.1 Å². The molecule has 0 spiro atoms. The van der Waals surface area contributed by atoms with Crippen LogP contribution in [0.2, 0.25) is 0 Å². The molecule has 1 aromatic rings. The molecule has 20 heavy (non-hydrogen) atoms. The Morgan fingerprint density at radius 1 is 1.55 bits per heavy atom. The van der Waals surface area contributed by atoms with Crippen LogP contribution in [0, 0.1) is 11.3 Å². The van der Waals surface area contributed by atoms with Crippen molar-refractivity contribution in [1.82, 2.24) is 14.7 Å². The van der Waals surface area contributed by atoms with E-state index in [1.165, 1.54) is 11.1 Å². The zero-order chi connectivity index (χ0) is 14.5. The maximum absolute atomic E-state index is 12.1. The Bertz CT molecular complexity index is 546. The Kier molecular flexibility index (Phi) is 4.48. The van der Waals surface area contributed by atoms with Crippen LogP contribution < -0.4 is 0 Å². The van der Waals surface area contributed by atoms with Crippen LogP contribution in [0.15, 0.2) is 12.4 Å². The van der Waals surface area contributed by atoms with E-state index in [4.69, 9.17) is 10.00 Å². The van der Waals surface area contributed by atoms with Crippen LogP contribution in [0.25, 0.3) is 0 Å². The van der Waals surface area contributed by atoms with Gasteiger partial charge < -0.3 is 9.64 Å². The summed E-state index contributed by atoms with van der Waals surface area (Å²) < 4.78 is 6.70. The van der Waals surface area contributed by atoms with Crippen molar-refractivity contribution in [2.24, 2.45) is 7.05 Å². The predicted molar refractivity (Wildman–Crippen MR) is 68.7 cm³/mol. The van der Waals surface area contributed by atoms with Crippen molar-refractivity contribution >= 4 is 11.7 Å². The van der Waals surface area contributed by atoms with E-state index in [2.05, 4.69) is 5.10 Å². The van der Waals surface area contributed by atoms with Crippen LogP contribution in [0.5, 0.6) is 0 Å². The van der Waals surface area contributed by atoms with Gasteiger partial charge in [-0.25, -0.2) is 0 Å². The van der Waals surface area contributed by atoms with Gasteiger partial charge in [0.1, 0.15) is 6.04 Å². The molecule has 1 unspecified atom stereocenters. The molecule has 2 rings (SSSR count). The summed E-state index contributed by atoms with van der Waals surface area (Å²) in [5.74, 6) is -0.301. The van der Waals surface area contributed by atoms with Crippen molar-refractivity contribution in [3.63, 3.8) is 0 Å². The number of ether oxygens (including phenoxy) is 1. The molecule has 1 aromatic heterocycles. The first-order valence-corrected chi connectivity index (χ1v) is 6.40. The molecule has 1 aliphatic rings. The summed E-state index contributed by atoms with van der Waals surface area (Å²) in [4.78, 5) is 25.4. The molecule has 7 nitrogen and oxygen atoms in total. The van der Waals surface area contributed by atoms with E-state index >= 15 is 0 Å². The van der Waals surface area contributed by atoms with E-state index in [1.54, 1.807) is 17.9 Å². The van der Waals surface area contributed by atoms with Crippen molar-refractivity contribution in [3.8, 4) is 6.07 Å². The van der Waals surface area contributed by atoms with Gasteiger partial charge in [-0.05, 0) is 0 Å². The molecule has 2 heterocycles. The average molecular weight is 276 g/mol. The summed E-state index contributed by atoms with van der Waals surface area (Å²) >= 11 is 0. The van der Waals surface area contributed by atoms with Gasteiger partial charge in [-0.3, -0.25) is 14.3 Å². The second kappa shape index (κ2) is 6.30. The molecular formula is C13H16N4O3. The number of nitriles is 1. The summed E-state index contributed by atoms with van der Waals surface area (Å²) in [6.45, 7) is 1.07. The molecule has 0 bridgehead atoms. The molecule has 1 saturated heterocycles. The highest BCUT2D eigenvalue weighted by Crippen LogP contribution is 2.11. The smallest absolute Gasteiger partial charge is 0.224 e. The summed E-state index contributed by atoms with van der Waals surface area (Å²) in [5.41, 5.74) is 0.499. The minimum atomic E-state index is -0.551. The fourth-order valence-electron chi connectivity index (χ4n) is 2.08. The number of ketones is 1. The Labute approximate surface area is 116 Å². The number of rotatable bonds is 4. The molecule has 0 saturated carbocycles. The van der Waals surface area contributed by atoms with Crippen molar-refractivity contribution < 1.29 is 14.3 Å². The van der Waals surface area contributed by atoms with E-state index in [9.17, 15) is 9.59 Å². The maximum Gasteiger partial charge on any atom is 0.224 e. The Hall–Kier alpha value is -2.20. The van der Waals surface area contributed by atoms with Crippen LogP contribution in [-0.2, 0) is 16.6 Å². The van der Waals surface area contributed by atoms with Crippen molar-refractivity contribution in [3.05, 3.63) is 18.0 Å². The number of aryl methyl sites for hydroxylation is 1. The lowest BCUT2D eigenvalue weighted by atomic mass is 10.1. The van der Waals surface area contributed by atoms with Crippen LogP contribution in [0.4, 0.5) is 0 Å². The zero-order valence-electron chi connectivity index (χ0n) is 11.3. The first kappa shape index (κ1) is 14.2. The standard InChI is InChI=1S/C13H16N4O3/c1-16-8-10(7-15-16)12(18)2-3-13(19)17-4-5-20-9-11(17)6-14/h7-8,11H,2-5,9H2,1H3. The van der Waals surface area contributed by atoms with Gasteiger partial charge in [0.2, 0.25) is 5.91 Å². The van der Waals surface area contributed by atoms with E-state index in [1.807, 2.05) is 6.07 Å². The highest BCUT2D eigenvalue weighted by Gasteiger charge is 2.27. The fraction of sp³-hybridized carbons (Fsp3) is 0.538. The second-order valence-electron chi connectivity index (χ2n) is 4.63. The highest BCUT2D eigenvalue weighted by molar-refractivity contribution is 5.97. The number of amides is 1. The molecule has 0 aliphatic carbocycles. The van der Waals surface area contributed by atoms with Crippen molar-refractivity contribution in [1.29, 1.82) is 5.26 Å². The lowest BCUT2D eigenvalue weighted by Crippen LogP contribution is -2.48. The maximum atomic E-state index is 12.1. The van der Waals surface area contributed by atoms with E-state index < -0.39 is 6.04 Å². The molecule has 106 valence electrons. The van der Waals surface area contributed by atoms with Gasteiger partial charge in [0.15, 0.2) is 5.78 Å². The van der Waals surface area contributed by atoms with Crippen molar-refractivity contribution in [2.75, 3.05) is 19.8 Å². The minimum Gasteiger partial charge on any atom is -0.376 e. The molecule has 0 N–H and O–H groups in total. The summed E-state index contributed by atoms with van der Waals surface area (Å²) in [6, 6.07) is 1.49. The predicted octanol–water partition coefficient (Wildman–Crippen LogP) is 0.134. The SMILES string of the molecule is Cn1cc(C(=O)CCC(=O)N2CCOCC2C#N)cn1. The van der Waals surface area contributed by atoms with Gasteiger partial charge in [0, 0.05) is 32.6 Å². The Balaban J connectivity index is 1.88. The number of nitrogens with zero attached hydrogens (tertiary/aromatic N) is 4. The minimum absolute atomic E-state index is 0.103. The second-order valence-corrected chi connectivity index (χ2v) is 4.63. The molecule has 7 heteroatoms. The quantitative estimate of drug-likeness (QED) is 0.729. The number of carbonyl (C=O) groups is 2. The number of hydrogen-bond acceptors (Lipinski definition) is 5. The van der Waals surface area contributed by atoms with Gasteiger partial charge in [-0.2, -0.15) is 10.4 Å². The molecule has 1 amide bonds. The molecule has 1 fully saturated rings. The first-order chi connectivity index (χ1) is 9.61. The van der Waals surface area contributed by atoms with Gasteiger partial charge in [-0.1, -0.05) is 0 Å². The largest absolute Gasteiger partial charge is 0.376 e. The Morgan fingerprint density at radius 3 is 3.00 bits per heavy atom. The third-order valence-electron chi connectivity index (χ3n) is 3.19. The van der Waals surface area contributed by atoms with Crippen LogP contribution >= 0.6 is 0 Å². The fourth-order valence-corrected chi connectivity index (χ4v) is 2.08. The lowest BCUT2D eigenvalue weighted by molar-refractivity contribution is -0.137. The Morgan fingerprint density at radius 2 is 2.35 bits per heavy atom. The summed E-state index contributed by atoms with van der Waals surface area (Å²) in [6.07, 6.45) is 3.34. The number of carbonyl (C=O) groups excluding carboxylic acids is 2. The number of morpholine rings is 1. The molecule has 0 radical (unpaired) electrons. The monoisotopic (exact) mass is 276 g/mol. The van der Waals surface area contributed by atoms with Gasteiger partial charge in [-0.15, -0.1) is 0 Å². The third kappa shape index (κ3) is 3.22. The number of aromatic nitrogens is 2. The van der Waals surface area contributed by atoms with Gasteiger partial charge in [0.05, 0.1) is 31.0 Å². The van der Waals surface area contributed by atoms with E-state index in [0.29, 0.717) is 18.7 Å². The molecule has 0 aromatic carbocycles.